The Morgan fingerprint density at radius 3 is 2.86 bits per heavy atom. The number of imidazole rings is 1. The van der Waals surface area contributed by atoms with Gasteiger partial charge < -0.3 is 9.30 Å². The predicted molar refractivity (Wildman–Crippen MR) is 88.6 cm³/mol. The Labute approximate surface area is 132 Å². The Kier molecular flexibility index (Phi) is 5.65. The van der Waals surface area contributed by atoms with Gasteiger partial charge in [-0.25, -0.2) is 4.98 Å². The molecule has 116 valence electrons. The lowest BCUT2D eigenvalue weighted by molar-refractivity contribution is 0.320. The maximum absolute atomic E-state index is 11.6. The first kappa shape index (κ1) is 16.3. The van der Waals surface area contributed by atoms with Gasteiger partial charge in [-0.3, -0.25) is 4.21 Å². The van der Waals surface area contributed by atoms with Gasteiger partial charge in [0.1, 0.15) is 17.1 Å². The number of halogens is 1. The van der Waals surface area contributed by atoms with Crippen LogP contribution < -0.4 is 4.74 Å². The van der Waals surface area contributed by atoms with Crippen LogP contribution in [0.4, 0.5) is 0 Å². The van der Waals surface area contributed by atoms with Crippen LogP contribution in [0.25, 0.3) is 11.0 Å². The van der Waals surface area contributed by atoms with Gasteiger partial charge in [0.2, 0.25) is 0 Å². The lowest BCUT2D eigenvalue weighted by Gasteiger charge is -2.12. The summed E-state index contributed by atoms with van der Waals surface area (Å²) < 4.78 is 19.4. The van der Waals surface area contributed by atoms with Crippen LogP contribution in [-0.2, 0) is 23.2 Å². The molecule has 0 fully saturated rings. The van der Waals surface area contributed by atoms with Crippen LogP contribution >= 0.6 is 11.6 Å². The monoisotopic (exact) mass is 328 g/mol. The zero-order valence-corrected chi connectivity index (χ0v) is 14.2. The van der Waals surface area contributed by atoms with Gasteiger partial charge in [-0.2, -0.15) is 0 Å². The Balaban J connectivity index is 2.46. The van der Waals surface area contributed by atoms with E-state index in [-0.39, 0.29) is 5.25 Å². The summed E-state index contributed by atoms with van der Waals surface area (Å²) in [6, 6.07) is 5.88. The lowest BCUT2D eigenvalue weighted by Crippen LogP contribution is -2.18. The van der Waals surface area contributed by atoms with E-state index in [2.05, 4.69) is 11.9 Å². The molecule has 0 aliphatic carbocycles. The summed E-state index contributed by atoms with van der Waals surface area (Å²) in [5, 5.41) is 0.0459. The van der Waals surface area contributed by atoms with Gasteiger partial charge in [0.05, 0.1) is 18.0 Å². The molecule has 0 radical (unpaired) electrons. The molecule has 0 bridgehead atoms. The molecule has 21 heavy (non-hydrogen) atoms. The number of para-hydroxylation sites is 1. The van der Waals surface area contributed by atoms with Crippen molar-refractivity contribution in [2.45, 2.75) is 37.9 Å². The van der Waals surface area contributed by atoms with Crippen molar-refractivity contribution < 1.29 is 8.95 Å². The Hall–Kier alpha value is -1.07. The Bertz CT molecular complexity index is 642. The normalized spacial score (nSPS) is 14.3. The number of hydrogen-bond donors (Lipinski definition) is 0. The molecule has 2 aromatic rings. The first-order valence-electron chi connectivity index (χ1n) is 7.07. The van der Waals surface area contributed by atoms with E-state index in [0.29, 0.717) is 19.0 Å². The first-order valence-corrected chi connectivity index (χ1v) is 9.23. The standard InChI is InChI=1S/C15H21ClN2O2S/c1-4-8-20-13-7-5-6-12-15(13)17-14(9-16)18(12)10-11(2)21(3)19/h5-7,11H,4,8-10H2,1-3H3. The largest absolute Gasteiger partial charge is 0.491 e. The number of benzene rings is 1. The number of alkyl halides is 1. The van der Waals surface area contributed by atoms with E-state index in [1.54, 1.807) is 6.26 Å². The van der Waals surface area contributed by atoms with Gasteiger partial charge in [0.15, 0.2) is 0 Å². The topological polar surface area (TPSA) is 44.1 Å². The molecule has 2 rings (SSSR count). The van der Waals surface area contributed by atoms with Crippen LogP contribution in [0.5, 0.6) is 5.75 Å². The highest BCUT2D eigenvalue weighted by Gasteiger charge is 2.17. The zero-order chi connectivity index (χ0) is 15.4. The van der Waals surface area contributed by atoms with Gasteiger partial charge in [0.25, 0.3) is 0 Å². The van der Waals surface area contributed by atoms with E-state index in [4.69, 9.17) is 16.3 Å². The van der Waals surface area contributed by atoms with Crippen molar-refractivity contribution in [1.29, 1.82) is 0 Å². The smallest absolute Gasteiger partial charge is 0.147 e. The fraction of sp³-hybridized carbons (Fsp3) is 0.533. The van der Waals surface area contributed by atoms with Crippen LogP contribution in [-0.4, -0.2) is 31.9 Å². The number of nitrogens with zero attached hydrogens (tertiary/aromatic N) is 2. The molecule has 2 atom stereocenters. The summed E-state index contributed by atoms with van der Waals surface area (Å²) in [5.74, 6) is 1.89. The molecule has 0 N–H and O–H groups in total. The minimum atomic E-state index is -0.881. The van der Waals surface area contributed by atoms with Gasteiger partial charge in [-0.1, -0.05) is 13.0 Å². The summed E-state index contributed by atoms with van der Waals surface area (Å²) in [7, 11) is -0.881. The van der Waals surface area contributed by atoms with Crippen molar-refractivity contribution in [3.63, 3.8) is 0 Å². The maximum atomic E-state index is 11.6. The quantitative estimate of drug-likeness (QED) is 0.732. The molecule has 6 heteroatoms. The minimum Gasteiger partial charge on any atom is -0.491 e. The van der Waals surface area contributed by atoms with E-state index < -0.39 is 10.8 Å². The average Bonchev–Trinajstić information content (AvgIpc) is 2.83. The molecule has 0 aliphatic heterocycles. The fourth-order valence-electron chi connectivity index (χ4n) is 2.17. The third-order valence-corrected chi connectivity index (χ3v) is 4.93. The second-order valence-electron chi connectivity index (χ2n) is 5.05. The fourth-order valence-corrected chi connectivity index (χ4v) is 2.73. The molecule has 0 saturated carbocycles. The number of ether oxygens (including phenoxy) is 1. The van der Waals surface area contributed by atoms with Crippen LogP contribution in [0, 0.1) is 0 Å². The highest BCUT2D eigenvalue weighted by molar-refractivity contribution is 7.84. The van der Waals surface area contributed by atoms with E-state index in [1.165, 1.54) is 0 Å². The molecular weight excluding hydrogens is 308 g/mol. The number of rotatable bonds is 7. The highest BCUT2D eigenvalue weighted by Crippen LogP contribution is 2.27. The van der Waals surface area contributed by atoms with Crippen molar-refractivity contribution in [2.75, 3.05) is 12.9 Å². The summed E-state index contributed by atoms with van der Waals surface area (Å²) in [6.07, 6.45) is 2.67. The van der Waals surface area contributed by atoms with Gasteiger partial charge in [-0.05, 0) is 25.5 Å². The summed E-state index contributed by atoms with van der Waals surface area (Å²) in [5.41, 5.74) is 1.81. The van der Waals surface area contributed by atoms with E-state index in [9.17, 15) is 4.21 Å². The molecule has 1 aromatic carbocycles. The lowest BCUT2D eigenvalue weighted by atomic mass is 10.3. The average molecular weight is 329 g/mol. The second-order valence-corrected chi connectivity index (χ2v) is 7.12. The number of aromatic nitrogens is 2. The molecule has 0 amide bonds. The van der Waals surface area contributed by atoms with Gasteiger partial charge in [0, 0.05) is 28.9 Å². The molecule has 1 aromatic heterocycles. The van der Waals surface area contributed by atoms with E-state index in [0.717, 1.165) is 29.0 Å². The summed E-state index contributed by atoms with van der Waals surface area (Å²) in [6.45, 7) is 5.34. The Morgan fingerprint density at radius 2 is 2.24 bits per heavy atom. The third-order valence-electron chi connectivity index (χ3n) is 3.41. The molecule has 2 unspecified atom stereocenters. The van der Waals surface area contributed by atoms with E-state index >= 15 is 0 Å². The molecular formula is C15H21ClN2O2S. The third kappa shape index (κ3) is 3.58. The first-order chi connectivity index (χ1) is 10.1. The predicted octanol–water partition coefficient (Wildman–Crippen LogP) is 3.33. The molecule has 4 nitrogen and oxygen atoms in total. The van der Waals surface area contributed by atoms with Crippen molar-refractivity contribution in [3.05, 3.63) is 24.0 Å². The van der Waals surface area contributed by atoms with Crippen molar-refractivity contribution in [3.8, 4) is 5.75 Å². The Morgan fingerprint density at radius 1 is 1.48 bits per heavy atom. The van der Waals surface area contributed by atoms with Crippen molar-refractivity contribution in [2.24, 2.45) is 0 Å². The zero-order valence-electron chi connectivity index (χ0n) is 12.6. The van der Waals surface area contributed by atoms with Crippen LogP contribution in [0.2, 0.25) is 0 Å². The highest BCUT2D eigenvalue weighted by atomic mass is 35.5. The van der Waals surface area contributed by atoms with Crippen molar-refractivity contribution >= 4 is 33.4 Å². The number of hydrogen-bond acceptors (Lipinski definition) is 3. The van der Waals surface area contributed by atoms with Crippen molar-refractivity contribution in [1.82, 2.24) is 9.55 Å². The van der Waals surface area contributed by atoms with Gasteiger partial charge in [-0.15, -0.1) is 11.6 Å². The molecule has 0 aliphatic rings. The summed E-state index contributed by atoms with van der Waals surface area (Å²) in [4.78, 5) is 4.60. The van der Waals surface area contributed by atoms with Crippen LogP contribution in [0.15, 0.2) is 18.2 Å². The molecule has 0 saturated heterocycles. The number of fused-ring (bicyclic) bond motifs is 1. The van der Waals surface area contributed by atoms with Crippen LogP contribution in [0.1, 0.15) is 26.1 Å². The van der Waals surface area contributed by atoms with Crippen LogP contribution in [0.3, 0.4) is 0 Å². The second kappa shape index (κ2) is 7.27. The van der Waals surface area contributed by atoms with Gasteiger partial charge >= 0.3 is 0 Å². The van der Waals surface area contributed by atoms with E-state index in [1.807, 2.05) is 29.7 Å². The SMILES string of the molecule is CCCOc1cccc2c1nc(CCl)n2CC(C)S(C)=O. The molecule has 1 heterocycles. The minimum absolute atomic E-state index is 0.0459. The summed E-state index contributed by atoms with van der Waals surface area (Å²) >= 11 is 6.02. The molecule has 0 spiro atoms. The maximum Gasteiger partial charge on any atom is 0.147 e.